The van der Waals surface area contributed by atoms with Crippen molar-refractivity contribution in [3.05, 3.63) is 29.3 Å². The van der Waals surface area contributed by atoms with Gasteiger partial charge in [-0.3, -0.25) is 4.79 Å². The molecule has 1 fully saturated rings. The van der Waals surface area contributed by atoms with Crippen molar-refractivity contribution in [2.75, 3.05) is 5.73 Å². The Labute approximate surface area is 114 Å². The van der Waals surface area contributed by atoms with Crippen LogP contribution in [0, 0.1) is 5.92 Å². The largest absolute Gasteiger partial charge is 0.399 e. The summed E-state index contributed by atoms with van der Waals surface area (Å²) in [5, 5.41) is 3.20. The van der Waals surface area contributed by atoms with Crippen LogP contribution in [-0.2, 0) is 11.2 Å². The van der Waals surface area contributed by atoms with Crippen molar-refractivity contribution in [3.8, 4) is 0 Å². The van der Waals surface area contributed by atoms with E-state index in [0.29, 0.717) is 12.3 Å². The third-order valence-electron chi connectivity index (χ3n) is 4.53. The Morgan fingerprint density at radius 3 is 2.84 bits per heavy atom. The molecule has 2 aliphatic carbocycles. The van der Waals surface area contributed by atoms with E-state index in [9.17, 15) is 4.79 Å². The molecule has 0 radical (unpaired) electrons. The Balaban J connectivity index is 1.61. The molecule has 1 unspecified atom stereocenters. The number of rotatable bonds is 3. The molecule has 0 saturated heterocycles. The topological polar surface area (TPSA) is 55.1 Å². The summed E-state index contributed by atoms with van der Waals surface area (Å²) in [6, 6.07) is 6.24. The van der Waals surface area contributed by atoms with Crippen LogP contribution in [0.5, 0.6) is 0 Å². The van der Waals surface area contributed by atoms with E-state index in [1.807, 2.05) is 12.1 Å². The molecule has 3 rings (SSSR count). The van der Waals surface area contributed by atoms with E-state index in [0.717, 1.165) is 18.5 Å². The van der Waals surface area contributed by atoms with Gasteiger partial charge in [0, 0.05) is 12.1 Å². The Bertz CT molecular complexity index is 478. The minimum absolute atomic E-state index is 0.199. The standard InChI is InChI=1S/C16H22N2O/c17-13-6-7-14-12(10-13)5-8-15(14)18-16(19)9-11-3-1-2-4-11/h6-7,10-11,15H,1-5,8-9,17H2,(H,18,19). The molecule has 3 heteroatoms. The summed E-state index contributed by atoms with van der Waals surface area (Å²) < 4.78 is 0. The van der Waals surface area contributed by atoms with Crippen LogP contribution in [0.15, 0.2) is 18.2 Å². The minimum atomic E-state index is 0.199. The first-order chi connectivity index (χ1) is 9.22. The van der Waals surface area contributed by atoms with Crippen LogP contribution >= 0.6 is 0 Å². The van der Waals surface area contributed by atoms with Gasteiger partial charge in [-0.1, -0.05) is 18.9 Å². The zero-order valence-corrected chi connectivity index (χ0v) is 11.3. The Hall–Kier alpha value is -1.51. The first-order valence-corrected chi connectivity index (χ1v) is 7.40. The van der Waals surface area contributed by atoms with E-state index in [4.69, 9.17) is 5.73 Å². The molecule has 1 amide bonds. The smallest absolute Gasteiger partial charge is 0.220 e. The van der Waals surface area contributed by atoms with Crippen molar-refractivity contribution in [3.63, 3.8) is 0 Å². The number of nitrogen functional groups attached to an aromatic ring is 1. The second-order valence-corrected chi connectivity index (χ2v) is 5.97. The highest BCUT2D eigenvalue weighted by molar-refractivity contribution is 5.77. The highest BCUT2D eigenvalue weighted by atomic mass is 16.1. The molecule has 1 atom stereocenters. The summed E-state index contributed by atoms with van der Waals surface area (Å²) in [4.78, 5) is 12.1. The number of carbonyl (C=O) groups excluding carboxylic acids is 1. The van der Waals surface area contributed by atoms with E-state index in [2.05, 4.69) is 11.4 Å². The molecule has 3 nitrogen and oxygen atoms in total. The third kappa shape index (κ3) is 2.75. The number of nitrogens with two attached hydrogens (primary N) is 1. The summed E-state index contributed by atoms with van der Waals surface area (Å²) in [6.45, 7) is 0. The molecule has 102 valence electrons. The second kappa shape index (κ2) is 5.24. The predicted octanol–water partition coefficient (Wildman–Crippen LogP) is 2.95. The number of benzene rings is 1. The van der Waals surface area contributed by atoms with Crippen molar-refractivity contribution in [2.24, 2.45) is 5.92 Å². The number of carbonyl (C=O) groups is 1. The number of amides is 1. The molecule has 19 heavy (non-hydrogen) atoms. The van der Waals surface area contributed by atoms with Gasteiger partial charge in [0.2, 0.25) is 5.91 Å². The first kappa shape index (κ1) is 12.5. The molecule has 1 aromatic carbocycles. The van der Waals surface area contributed by atoms with Gasteiger partial charge < -0.3 is 11.1 Å². The third-order valence-corrected chi connectivity index (χ3v) is 4.53. The molecule has 0 heterocycles. The van der Waals surface area contributed by atoms with Gasteiger partial charge in [0.1, 0.15) is 0 Å². The van der Waals surface area contributed by atoms with E-state index in [1.165, 1.54) is 36.8 Å². The lowest BCUT2D eigenvalue weighted by molar-refractivity contribution is -0.122. The molecule has 0 aliphatic heterocycles. The normalized spacial score (nSPS) is 22.4. The molecular weight excluding hydrogens is 236 g/mol. The fraction of sp³-hybridized carbons (Fsp3) is 0.562. The monoisotopic (exact) mass is 258 g/mol. The van der Waals surface area contributed by atoms with Gasteiger partial charge in [-0.25, -0.2) is 0 Å². The minimum Gasteiger partial charge on any atom is -0.399 e. The van der Waals surface area contributed by atoms with Gasteiger partial charge in [0.05, 0.1) is 6.04 Å². The van der Waals surface area contributed by atoms with E-state index >= 15 is 0 Å². The van der Waals surface area contributed by atoms with Crippen molar-refractivity contribution < 1.29 is 4.79 Å². The zero-order valence-electron chi connectivity index (χ0n) is 11.3. The van der Waals surface area contributed by atoms with Gasteiger partial charge in [-0.2, -0.15) is 0 Å². The van der Waals surface area contributed by atoms with Crippen LogP contribution in [0.2, 0.25) is 0 Å². The van der Waals surface area contributed by atoms with Crippen molar-refractivity contribution in [2.45, 2.75) is 51.0 Å². The average Bonchev–Trinajstić information content (AvgIpc) is 2.99. The number of nitrogens with one attached hydrogen (secondary N) is 1. The number of aryl methyl sites for hydroxylation is 1. The number of hydrogen-bond acceptors (Lipinski definition) is 2. The maximum absolute atomic E-state index is 12.1. The fourth-order valence-electron chi connectivity index (χ4n) is 3.52. The van der Waals surface area contributed by atoms with Gasteiger partial charge in [-0.05, 0) is 54.9 Å². The van der Waals surface area contributed by atoms with Crippen LogP contribution < -0.4 is 11.1 Å². The van der Waals surface area contributed by atoms with Crippen LogP contribution in [0.1, 0.15) is 55.7 Å². The van der Waals surface area contributed by atoms with E-state index in [1.54, 1.807) is 0 Å². The van der Waals surface area contributed by atoms with Crippen molar-refractivity contribution in [1.82, 2.24) is 5.32 Å². The maximum Gasteiger partial charge on any atom is 0.220 e. The van der Waals surface area contributed by atoms with E-state index in [-0.39, 0.29) is 11.9 Å². The number of hydrogen-bond donors (Lipinski definition) is 2. The molecule has 0 spiro atoms. The lowest BCUT2D eigenvalue weighted by Gasteiger charge is -2.16. The molecular formula is C16H22N2O. The lowest BCUT2D eigenvalue weighted by Crippen LogP contribution is -2.28. The highest BCUT2D eigenvalue weighted by Crippen LogP contribution is 2.33. The Morgan fingerprint density at radius 1 is 1.26 bits per heavy atom. The SMILES string of the molecule is Nc1ccc2c(c1)CCC2NC(=O)CC1CCCC1. The molecule has 1 saturated carbocycles. The molecule has 3 N–H and O–H groups in total. The maximum atomic E-state index is 12.1. The summed E-state index contributed by atoms with van der Waals surface area (Å²) in [5.74, 6) is 0.842. The second-order valence-electron chi connectivity index (χ2n) is 5.97. The number of anilines is 1. The molecule has 0 bridgehead atoms. The van der Waals surface area contributed by atoms with Crippen LogP contribution in [-0.4, -0.2) is 5.91 Å². The van der Waals surface area contributed by atoms with Crippen molar-refractivity contribution >= 4 is 11.6 Å². The quantitative estimate of drug-likeness (QED) is 0.819. The summed E-state index contributed by atoms with van der Waals surface area (Å²) in [7, 11) is 0. The molecule has 2 aliphatic rings. The molecule has 1 aromatic rings. The highest BCUT2D eigenvalue weighted by Gasteiger charge is 2.25. The first-order valence-electron chi connectivity index (χ1n) is 7.40. The summed E-state index contributed by atoms with van der Waals surface area (Å²) in [6.07, 6.45) is 7.79. The van der Waals surface area contributed by atoms with E-state index < -0.39 is 0 Å². The van der Waals surface area contributed by atoms with Crippen LogP contribution in [0.25, 0.3) is 0 Å². The van der Waals surface area contributed by atoms with Gasteiger partial charge in [0.15, 0.2) is 0 Å². The van der Waals surface area contributed by atoms with Crippen LogP contribution in [0.3, 0.4) is 0 Å². The zero-order chi connectivity index (χ0) is 13.2. The fourth-order valence-corrected chi connectivity index (χ4v) is 3.52. The van der Waals surface area contributed by atoms with Gasteiger partial charge in [-0.15, -0.1) is 0 Å². The van der Waals surface area contributed by atoms with Crippen LogP contribution in [0.4, 0.5) is 5.69 Å². The predicted molar refractivity (Wildman–Crippen MR) is 76.6 cm³/mol. The Kier molecular flexibility index (Phi) is 3.45. The Morgan fingerprint density at radius 2 is 2.05 bits per heavy atom. The van der Waals surface area contributed by atoms with Crippen molar-refractivity contribution in [1.29, 1.82) is 0 Å². The molecule has 0 aromatic heterocycles. The average molecular weight is 258 g/mol. The summed E-state index contributed by atoms with van der Waals surface area (Å²) in [5.41, 5.74) is 9.17. The van der Waals surface area contributed by atoms with Gasteiger partial charge >= 0.3 is 0 Å². The van der Waals surface area contributed by atoms with Gasteiger partial charge in [0.25, 0.3) is 0 Å². The number of fused-ring (bicyclic) bond motifs is 1. The summed E-state index contributed by atoms with van der Waals surface area (Å²) >= 11 is 0. The lowest BCUT2D eigenvalue weighted by atomic mass is 10.0.